The number of hydrogen-bond acceptors (Lipinski definition) is 7. The maximum atomic E-state index is 12.8. The predicted octanol–water partition coefficient (Wildman–Crippen LogP) is 4.75. The first-order chi connectivity index (χ1) is 16.9. The average molecular weight is 511 g/mol. The fraction of sp³-hybridized carbons (Fsp3) is 0.360. The lowest BCUT2D eigenvalue weighted by atomic mass is 10.0. The van der Waals surface area contributed by atoms with Crippen LogP contribution in [0.5, 0.6) is 0 Å². The average Bonchev–Trinajstić information content (AvgIpc) is 3.36. The van der Waals surface area contributed by atoms with Gasteiger partial charge >= 0.3 is 0 Å². The van der Waals surface area contributed by atoms with Gasteiger partial charge in [0, 0.05) is 43.1 Å². The summed E-state index contributed by atoms with van der Waals surface area (Å²) >= 11 is 7.59. The highest BCUT2D eigenvalue weighted by atomic mass is 35.5. The summed E-state index contributed by atoms with van der Waals surface area (Å²) in [5.41, 5.74) is 3.03. The van der Waals surface area contributed by atoms with Crippen molar-refractivity contribution >= 4 is 67.0 Å². The highest BCUT2D eigenvalue weighted by molar-refractivity contribution is 7.22. The van der Waals surface area contributed by atoms with Crippen LogP contribution in [0.2, 0.25) is 5.02 Å². The zero-order valence-corrected chi connectivity index (χ0v) is 21.2. The van der Waals surface area contributed by atoms with E-state index < -0.39 is 0 Å². The van der Waals surface area contributed by atoms with Crippen LogP contribution in [0.25, 0.3) is 21.3 Å². The number of imidazole rings is 1. The quantitative estimate of drug-likeness (QED) is 0.348. The van der Waals surface area contributed by atoms with Gasteiger partial charge in [0.05, 0.1) is 21.3 Å². The van der Waals surface area contributed by atoms with E-state index in [1.165, 1.54) is 11.3 Å². The number of aromatic nitrogens is 3. The van der Waals surface area contributed by atoms with E-state index in [1.54, 1.807) is 12.1 Å². The minimum atomic E-state index is -0.0684. The number of rotatable bonds is 7. The molecule has 0 unspecified atom stereocenters. The number of benzene rings is 2. The Balaban J connectivity index is 1.25. The molecule has 0 bridgehead atoms. The number of aryl methyl sites for hydroxylation is 1. The molecule has 4 aromatic rings. The molecule has 182 valence electrons. The second-order valence-electron chi connectivity index (χ2n) is 9.05. The van der Waals surface area contributed by atoms with E-state index >= 15 is 0 Å². The Hall–Kier alpha value is -3.01. The second kappa shape index (κ2) is 9.93. The lowest BCUT2D eigenvalue weighted by Gasteiger charge is -2.30. The molecule has 1 atom stereocenters. The number of ketones is 1. The van der Waals surface area contributed by atoms with Crippen LogP contribution in [-0.2, 0) is 11.8 Å². The van der Waals surface area contributed by atoms with E-state index in [0.717, 1.165) is 41.7 Å². The molecule has 1 aliphatic heterocycles. The van der Waals surface area contributed by atoms with Gasteiger partial charge in [-0.2, -0.15) is 0 Å². The molecule has 8 nitrogen and oxygen atoms in total. The number of Topliss-reactive ketones (excluding diaryl/α,β-unsaturated/α-hetero) is 1. The first-order valence-corrected chi connectivity index (χ1v) is 12.9. The predicted molar refractivity (Wildman–Crippen MR) is 141 cm³/mol. The van der Waals surface area contributed by atoms with Crippen molar-refractivity contribution in [2.75, 3.05) is 25.5 Å². The van der Waals surface area contributed by atoms with Crippen LogP contribution in [0, 0.1) is 0 Å². The number of hydrogen-bond donors (Lipinski definition) is 2. The van der Waals surface area contributed by atoms with Gasteiger partial charge in [0.15, 0.2) is 10.9 Å². The summed E-state index contributed by atoms with van der Waals surface area (Å²) in [7, 11) is 3.97. The highest BCUT2D eigenvalue weighted by Crippen LogP contribution is 2.31. The summed E-state index contributed by atoms with van der Waals surface area (Å²) in [5.74, 6) is 0.499. The van der Waals surface area contributed by atoms with Gasteiger partial charge in [-0.25, -0.2) is 9.97 Å². The van der Waals surface area contributed by atoms with Crippen LogP contribution < -0.4 is 10.6 Å². The molecular weight excluding hydrogens is 484 g/mol. The van der Waals surface area contributed by atoms with Crippen molar-refractivity contribution in [1.29, 1.82) is 0 Å². The van der Waals surface area contributed by atoms with Crippen molar-refractivity contribution in [2.45, 2.75) is 31.7 Å². The molecule has 1 amide bonds. The zero-order valence-electron chi connectivity index (χ0n) is 19.7. The fourth-order valence-electron chi connectivity index (χ4n) is 4.49. The molecule has 5 rings (SSSR count). The number of piperidine rings is 1. The molecule has 0 spiro atoms. The van der Waals surface area contributed by atoms with Crippen molar-refractivity contribution in [1.82, 2.24) is 24.8 Å². The Bertz CT molecular complexity index is 1410. The first kappa shape index (κ1) is 23.7. The lowest BCUT2D eigenvalue weighted by Crippen LogP contribution is -2.46. The number of likely N-dealkylation sites (N-methyl/N-ethyl adjacent to an activating group) is 1. The minimum absolute atomic E-state index is 0.0639. The van der Waals surface area contributed by atoms with E-state index in [-0.39, 0.29) is 30.6 Å². The Morgan fingerprint density at radius 2 is 1.97 bits per heavy atom. The van der Waals surface area contributed by atoms with Crippen molar-refractivity contribution < 1.29 is 9.59 Å². The van der Waals surface area contributed by atoms with Crippen LogP contribution in [0.15, 0.2) is 36.4 Å². The van der Waals surface area contributed by atoms with Crippen LogP contribution >= 0.6 is 22.9 Å². The van der Waals surface area contributed by atoms with Gasteiger partial charge in [-0.3, -0.25) is 9.59 Å². The third-order valence-corrected chi connectivity index (χ3v) is 7.51. The fourth-order valence-corrected chi connectivity index (χ4v) is 5.62. The molecule has 0 saturated carbocycles. The third-order valence-electron chi connectivity index (χ3n) is 6.34. The number of likely N-dealkylation sites (tertiary alicyclic amines) is 1. The summed E-state index contributed by atoms with van der Waals surface area (Å²) in [6.45, 7) is 1.92. The molecule has 1 saturated heterocycles. The highest BCUT2D eigenvalue weighted by Gasteiger charge is 2.20. The van der Waals surface area contributed by atoms with E-state index in [2.05, 4.69) is 32.5 Å². The Morgan fingerprint density at radius 1 is 1.11 bits per heavy atom. The largest absolute Gasteiger partial charge is 0.352 e. The van der Waals surface area contributed by atoms with Gasteiger partial charge < -0.3 is 20.1 Å². The molecule has 2 N–H and O–H groups in total. The summed E-state index contributed by atoms with van der Waals surface area (Å²) < 4.78 is 2.92. The number of anilines is 2. The number of nitrogens with zero attached hydrogens (tertiary/aromatic N) is 4. The number of thiazole rings is 1. The number of amides is 1. The first-order valence-electron chi connectivity index (χ1n) is 11.7. The van der Waals surface area contributed by atoms with Gasteiger partial charge in [-0.1, -0.05) is 22.9 Å². The summed E-state index contributed by atoms with van der Waals surface area (Å²) in [4.78, 5) is 36.6. The lowest BCUT2D eigenvalue weighted by molar-refractivity contribution is -0.122. The SMILES string of the molecule is CN1CCC[C@@H](NC(=O)CCC(=O)c2ccc3c(c2)nc(Nc2nc4ccc(Cl)cc4s2)n3C)C1. The Labute approximate surface area is 212 Å². The van der Waals surface area contributed by atoms with Crippen LogP contribution in [0.1, 0.15) is 36.0 Å². The van der Waals surface area contributed by atoms with Crippen LogP contribution in [0.4, 0.5) is 11.1 Å². The molecule has 1 aliphatic rings. The van der Waals surface area contributed by atoms with E-state index in [4.69, 9.17) is 11.6 Å². The summed E-state index contributed by atoms with van der Waals surface area (Å²) in [6.07, 6.45) is 2.43. The van der Waals surface area contributed by atoms with Crippen LogP contribution in [0.3, 0.4) is 0 Å². The third kappa shape index (κ3) is 5.32. The van der Waals surface area contributed by atoms with E-state index in [0.29, 0.717) is 27.2 Å². The topological polar surface area (TPSA) is 92.2 Å². The summed E-state index contributed by atoms with van der Waals surface area (Å²) in [6, 6.07) is 11.2. The number of carbonyl (C=O) groups is 2. The van der Waals surface area contributed by atoms with Crippen molar-refractivity contribution in [2.24, 2.45) is 7.05 Å². The van der Waals surface area contributed by atoms with E-state index in [9.17, 15) is 9.59 Å². The zero-order chi connectivity index (χ0) is 24.5. The molecule has 1 fully saturated rings. The second-order valence-corrected chi connectivity index (χ2v) is 10.5. The van der Waals surface area contributed by atoms with Crippen molar-refractivity contribution in [3.8, 4) is 0 Å². The molecule has 2 aromatic heterocycles. The van der Waals surface area contributed by atoms with Crippen molar-refractivity contribution in [3.05, 3.63) is 47.0 Å². The van der Waals surface area contributed by atoms with Crippen molar-refractivity contribution in [3.63, 3.8) is 0 Å². The van der Waals surface area contributed by atoms with Gasteiger partial charge in [0.2, 0.25) is 11.9 Å². The molecule has 2 aromatic carbocycles. The molecule has 10 heteroatoms. The number of fused-ring (bicyclic) bond motifs is 2. The maximum Gasteiger partial charge on any atom is 0.220 e. The molecular formula is C25H27ClN6O2S. The Morgan fingerprint density at radius 3 is 2.80 bits per heavy atom. The normalized spacial score (nSPS) is 16.6. The number of halogens is 1. The smallest absolute Gasteiger partial charge is 0.220 e. The van der Waals surface area contributed by atoms with Gasteiger partial charge in [-0.05, 0) is 62.8 Å². The van der Waals surface area contributed by atoms with Gasteiger partial charge in [0.25, 0.3) is 0 Å². The number of nitrogens with one attached hydrogen (secondary N) is 2. The van der Waals surface area contributed by atoms with Gasteiger partial charge in [0.1, 0.15) is 0 Å². The number of carbonyl (C=O) groups excluding carboxylic acids is 2. The molecule has 0 aliphatic carbocycles. The maximum absolute atomic E-state index is 12.8. The van der Waals surface area contributed by atoms with E-state index in [1.807, 2.05) is 35.9 Å². The molecule has 3 heterocycles. The van der Waals surface area contributed by atoms with Gasteiger partial charge in [-0.15, -0.1) is 0 Å². The standard InChI is InChI=1S/C25H27ClN6O2S/c1-31-11-3-4-17(14-31)27-23(34)10-9-21(33)15-5-8-20-19(12-15)28-24(32(20)2)30-25-29-18-7-6-16(26)13-22(18)35-25/h5-8,12-13,17H,3-4,9-11,14H2,1-2H3,(H,27,34)(H,28,29,30)/t17-/m1/s1. The minimum Gasteiger partial charge on any atom is -0.352 e. The molecule has 0 radical (unpaired) electrons. The monoisotopic (exact) mass is 510 g/mol. The summed E-state index contributed by atoms with van der Waals surface area (Å²) in [5, 5.41) is 7.73. The molecule has 35 heavy (non-hydrogen) atoms. The van der Waals surface area contributed by atoms with Crippen LogP contribution in [-0.4, -0.2) is 57.3 Å². The Kier molecular flexibility index (Phi) is 6.73.